The van der Waals surface area contributed by atoms with Gasteiger partial charge in [-0.25, -0.2) is 0 Å². The van der Waals surface area contributed by atoms with E-state index >= 15 is 0 Å². The van der Waals surface area contributed by atoms with E-state index < -0.39 is 0 Å². The van der Waals surface area contributed by atoms with Gasteiger partial charge in [0.15, 0.2) is 10.8 Å². The lowest BCUT2D eigenvalue weighted by atomic mass is 10.3. The van der Waals surface area contributed by atoms with Crippen LogP contribution in [-0.2, 0) is 0 Å². The highest BCUT2D eigenvalue weighted by atomic mass is 35.5. The topological polar surface area (TPSA) is 49.3 Å². The summed E-state index contributed by atoms with van der Waals surface area (Å²) >= 11 is 5.64. The summed E-state index contributed by atoms with van der Waals surface area (Å²) in [6.45, 7) is 4.29. The molecule has 1 aromatic rings. The third-order valence-electron chi connectivity index (χ3n) is 2.55. The molecular formula is C12H19ClN4O. The van der Waals surface area contributed by atoms with Crippen LogP contribution in [0, 0.1) is 0 Å². The van der Waals surface area contributed by atoms with Crippen molar-refractivity contribution < 1.29 is 4.79 Å². The highest BCUT2D eigenvalue weighted by Gasteiger charge is 2.15. The lowest BCUT2D eigenvalue weighted by Crippen LogP contribution is -2.33. The zero-order chi connectivity index (χ0) is 13.5. The van der Waals surface area contributed by atoms with Crippen LogP contribution in [0.25, 0.3) is 0 Å². The minimum absolute atomic E-state index is 0.0968. The molecule has 1 heterocycles. The number of nitrogens with zero attached hydrogens (tertiary/aromatic N) is 4. The third-order valence-corrected chi connectivity index (χ3v) is 2.75. The molecule has 0 bridgehead atoms. The van der Waals surface area contributed by atoms with Crippen LogP contribution < -0.4 is 0 Å². The Hall–Kier alpha value is -1.20. The Morgan fingerprint density at radius 3 is 2.50 bits per heavy atom. The van der Waals surface area contributed by atoms with Crippen molar-refractivity contribution in [1.82, 2.24) is 20.0 Å². The predicted molar refractivity (Wildman–Crippen MR) is 71.8 cm³/mol. The largest absolute Gasteiger partial charge is 0.337 e. The monoisotopic (exact) mass is 270 g/mol. The van der Waals surface area contributed by atoms with Crippen LogP contribution >= 0.6 is 11.6 Å². The Labute approximate surface area is 113 Å². The van der Waals surface area contributed by atoms with Crippen molar-refractivity contribution in [2.75, 3.05) is 33.7 Å². The number of aromatic nitrogens is 2. The summed E-state index contributed by atoms with van der Waals surface area (Å²) in [4.78, 5) is 16.0. The van der Waals surface area contributed by atoms with E-state index in [0.29, 0.717) is 17.4 Å². The van der Waals surface area contributed by atoms with Crippen LogP contribution in [0.3, 0.4) is 0 Å². The molecule has 18 heavy (non-hydrogen) atoms. The van der Waals surface area contributed by atoms with Gasteiger partial charge in [0.1, 0.15) is 0 Å². The summed E-state index contributed by atoms with van der Waals surface area (Å²) in [5, 5.41) is 7.79. The van der Waals surface area contributed by atoms with E-state index in [-0.39, 0.29) is 5.91 Å². The van der Waals surface area contributed by atoms with Crippen LogP contribution in [0.4, 0.5) is 0 Å². The molecule has 6 heteroatoms. The Morgan fingerprint density at radius 2 is 2.00 bits per heavy atom. The molecule has 0 saturated heterocycles. The highest BCUT2D eigenvalue weighted by Crippen LogP contribution is 2.06. The standard InChI is InChI=1S/C12H19ClN4O/c1-4-17(9-5-8-16(2)3)12(18)10-6-7-11(13)15-14-10/h6-7H,4-5,8-9H2,1-3H3. The van der Waals surface area contributed by atoms with E-state index in [1.807, 2.05) is 21.0 Å². The molecule has 0 unspecified atom stereocenters. The number of carbonyl (C=O) groups excluding carboxylic acids is 1. The lowest BCUT2D eigenvalue weighted by molar-refractivity contribution is 0.0752. The van der Waals surface area contributed by atoms with Gasteiger partial charge in [0.25, 0.3) is 5.91 Å². The summed E-state index contributed by atoms with van der Waals surface area (Å²) in [5.74, 6) is -0.0968. The molecule has 0 spiro atoms. The Morgan fingerprint density at radius 1 is 1.28 bits per heavy atom. The summed E-state index contributed by atoms with van der Waals surface area (Å²) in [7, 11) is 4.03. The zero-order valence-electron chi connectivity index (χ0n) is 11.1. The third kappa shape index (κ3) is 4.58. The molecule has 0 aliphatic heterocycles. The van der Waals surface area contributed by atoms with Gasteiger partial charge in [0.2, 0.25) is 0 Å². The second kappa shape index (κ2) is 7.28. The first-order valence-electron chi connectivity index (χ1n) is 5.97. The van der Waals surface area contributed by atoms with Gasteiger partial charge in [-0.05, 0) is 46.1 Å². The summed E-state index contributed by atoms with van der Waals surface area (Å²) in [6.07, 6.45) is 0.938. The molecule has 0 aliphatic rings. The molecule has 0 radical (unpaired) electrons. The number of carbonyl (C=O) groups is 1. The van der Waals surface area contributed by atoms with Crippen molar-refractivity contribution in [3.63, 3.8) is 0 Å². The minimum atomic E-state index is -0.0968. The average molecular weight is 271 g/mol. The lowest BCUT2D eigenvalue weighted by Gasteiger charge is -2.21. The maximum Gasteiger partial charge on any atom is 0.274 e. The Kier molecular flexibility index (Phi) is 6.01. The molecule has 0 atom stereocenters. The van der Waals surface area contributed by atoms with Crippen LogP contribution in [-0.4, -0.2) is 59.6 Å². The van der Waals surface area contributed by atoms with Crippen LogP contribution in [0.15, 0.2) is 12.1 Å². The molecular weight excluding hydrogens is 252 g/mol. The molecule has 1 rings (SSSR count). The normalized spacial score (nSPS) is 10.7. The van der Waals surface area contributed by atoms with E-state index in [4.69, 9.17) is 11.6 Å². The smallest absolute Gasteiger partial charge is 0.274 e. The van der Waals surface area contributed by atoms with Gasteiger partial charge in [-0.2, -0.15) is 0 Å². The quantitative estimate of drug-likeness (QED) is 0.787. The molecule has 0 fully saturated rings. The maximum absolute atomic E-state index is 12.1. The number of amides is 1. The summed E-state index contributed by atoms with van der Waals surface area (Å²) in [5.41, 5.74) is 0.339. The second-order valence-corrected chi connectivity index (χ2v) is 4.67. The molecule has 0 aromatic carbocycles. The molecule has 1 amide bonds. The van der Waals surface area contributed by atoms with Gasteiger partial charge in [-0.1, -0.05) is 11.6 Å². The van der Waals surface area contributed by atoms with Crippen molar-refractivity contribution >= 4 is 17.5 Å². The average Bonchev–Trinajstić information content (AvgIpc) is 2.34. The van der Waals surface area contributed by atoms with E-state index in [0.717, 1.165) is 19.5 Å². The predicted octanol–water partition coefficient (Wildman–Crippen LogP) is 1.54. The van der Waals surface area contributed by atoms with Crippen molar-refractivity contribution in [2.45, 2.75) is 13.3 Å². The number of hydrogen-bond acceptors (Lipinski definition) is 4. The molecule has 0 saturated carbocycles. The second-order valence-electron chi connectivity index (χ2n) is 4.28. The fraction of sp³-hybridized carbons (Fsp3) is 0.583. The molecule has 100 valence electrons. The van der Waals surface area contributed by atoms with Crippen LogP contribution in [0.1, 0.15) is 23.8 Å². The van der Waals surface area contributed by atoms with E-state index in [2.05, 4.69) is 15.1 Å². The summed E-state index contributed by atoms with van der Waals surface area (Å²) in [6, 6.07) is 3.18. The van der Waals surface area contributed by atoms with Crippen molar-refractivity contribution in [2.24, 2.45) is 0 Å². The first kappa shape index (κ1) is 14.9. The van der Waals surface area contributed by atoms with Gasteiger partial charge in [-0.15, -0.1) is 10.2 Å². The SMILES string of the molecule is CCN(CCCN(C)C)C(=O)c1ccc(Cl)nn1. The fourth-order valence-electron chi connectivity index (χ4n) is 1.57. The molecule has 5 nitrogen and oxygen atoms in total. The van der Waals surface area contributed by atoms with E-state index in [1.54, 1.807) is 17.0 Å². The van der Waals surface area contributed by atoms with Crippen LogP contribution in [0.5, 0.6) is 0 Å². The van der Waals surface area contributed by atoms with Crippen molar-refractivity contribution in [3.8, 4) is 0 Å². The molecule has 0 aliphatic carbocycles. The maximum atomic E-state index is 12.1. The van der Waals surface area contributed by atoms with Gasteiger partial charge in [-0.3, -0.25) is 4.79 Å². The molecule has 0 N–H and O–H groups in total. The Bertz CT molecular complexity index is 380. The first-order valence-corrected chi connectivity index (χ1v) is 6.35. The van der Waals surface area contributed by atoms with Gasteiger partial charge in [0, 0.05) is 13.1 Å². The van der Waals surface area contributed by atoms with E-state index in [9.17, 15) is 4.79 Å². The van der Waals surface area contributed by atoms with Crippen molar-refractivity contribution in [1.29, 1.82) is 0 Å². The molecule has 1 aromatic heterocycles. The number of rotatable bonds is 6. The first-order chi connectivity index (χ1) is 8.54. The van der Waals surface area contributed by atoms with Gasteiger partial charge < -0.3 is 9.80 Å². The number of halogens is 1. The van der Waals surface area contributed by atoms with Crippen molar-refractivity contribution in [3.05, 3.63) is 23.0 Å². The van der Waals surface area contributed by atoms with Gasteiger partial charge in [0.05, 0.1) is 0 Å². The highest BCUT2D eigenvalue weighted by molar-refractivity contribution is 6.29. The van der Waals surface area contributed by atoms with E-state index in [1.165, 1.54) is 0 Å². The zero-order valence-corrected chi connectivity index (χ0v) is 11.8. The van der Waals surface area contributed by atoms with Crippen LogP contribution in [0.2, 0.25) is 5.15 Å². The number of hydrogen-bond donors (Lipinski definition) is 0. The van der Waals surface area contributed by atoms with Gasteiger partial charge >= 0.3 is 0 Å². The minimum Gasteiger partial charge on any atom is -0.337 e. The summed E-state index contributed by atoms with van der Waals surface area (Å²) < 4.78 is 0. The Balaban J connectivity index is 2.59. The fourth-order valence-corrected chi connectivity index (χ4v) is 1.67.